The van der Waals surface area contributed by atoms with Gasteiger partial charge in [-0.2, -0.15) is 0 Å². The molecular formula is C14H25NO3S2. The van der Waals surface area contributed by atoms with Gasteiger partial charge >= 0.3 is 0 Å². The maximum absolute atomic E-state index is 10.2. The molecule has 0 aliphatic carbocycles. The van der Waals surface area contributed by atoms with Gasteiger partial charge in [0.1, 0.15) is 0 Å². The van der Waals surface area contributed by atoms with Crippen LogP contribution in [0.2, 0.25) is 0 Å². The van der Waals surface area contributed by atoms with Crippen molar-refractivity contribution in [2.45, 2.75) is 30.1 Å². The summed E-state index contributed by atoms with van der Waals surface area (Å²) in [7, 11) is 0. The molecule has 1 heterocycles. The number of thioether (sulfide) groups is 1. The lowest BCUT2D eigenvalue weighted by atomic mass is 10.2. The summed E-state index contributed by atoms with van der Waals surface area (Å²) in [4.78, 5) is 2.96. The molecule has 1 aromatic rings. The molecule has 0 radical (unpaired) electrons. The fourth-order valence-electron chi connectivity index (χ4n) is 1.86. The van der Waals surface area contributed by atoms with Gasteiger partial charge in [0.15, 0.2) is 0 Å². The Labute approximate surface area is 129 Å². The molecule has 0 saturated carbocycles. The molecule has 20 heavy (non-hydrogen) atoms. The van der Waals surface area contributed by atoms with E-state index in [-0.39, 0.29) is 13.2 Å². The number of thiophene rings is 1. The lowest BCUT2D eigenvalue weighted by molar-refractivity contribution is 0.120. The first-order valence-corrected chi connectivity index (χ1v) is 8.86. The van der Waals surface area contributed by atoms with Crippen molar-refractivity contribution < 1.29 is 15.3 Å². The van der Waals surface area contributed by atoms with Gasteiger partial charge < -0.3 is 15.3 Å². The van der Waals surface area contributed by atoms with Gasteiger partial charge in [-0.1, -0.05) is 6.92 Å². The summed E-state index contributed by atoms with van der Waals surface area (Å²) in [6, 6.07) is 4.07. The van der Waals surface area contributed by atoms with E-state index in [2.05, 4.69) is 13.0 Å². The van der Waals surface area contributed by atoms with Gasteiger partial charge in [0.25, 0.3) is 0 Å². The van der Waals surface area contributed by atoms with Crippen molar-refractivity contribution >= 4 is 23.1 Å². The predicted molar refractivity (Wildman–Crippen MR) is 85.5 cm³/mol. The van der Waals surface area contributed by atoms with E-state index in [0.717, 1.165) is 17.1 Å². The quantitative estimate of drug-likeness (QED) is 0.544. The summed E-state index contributed by atoms with van der Waals surface area (Å²) >= 11 is 3.49. The number of aliphatic hydroxyl groups excluding tert-OH is 3. The molecule has 3 N–H and O–H groups in total. The van der Waals surface area contributed by atoms with Crippen LogP contribution in [-0.2, 0) is 0 Å². The monoisotopic (exact) mass is 319 g/mol. The molecule has 0 saturated heterocycles. The second kappa shape index (κ2) is 10.6. The maximum atomic E-state index is 10.2. The Morgan fingerprint density at radius 2 is 1.90 bits per heavy atom. The third kappa shape index (κ3) is 6.56. The minimum absolute atomic E-state index is 0.0763. The highest BCUT2D eigenvalue weighted by molar-refractivity contribution is 8.01. The summed E-state index contributed by atoms with van der Waals surface area (Å²) in [6.07, 6.45) is 1.31. The highest BCUT2D eigenvalue weighted by Crippen LogP contribution is 2.32. The van der Waals surface area contributed by atoms with Crippen LogP contribution >= 0.6 is 23.1 Å². The van der Waals surface area contributed by atoms with Gasteiger partial charge in [-0.25, -0.2) is 0 Å². The van der Waals surface area contributed by atoms with E-state index in [9.17, 15) is 5.11 Å². The number of nitrogens with zero attached hydrogens (tertiary/aromatic N) is 1. The molecule has 0 spiro atoms. The van der Waals surface area contributed by atoms with Gasteiger partial charge in [-0.15, -0.1) is 23.1 Å². The minimum atomic E-state index is -0.462. The van der Waals surface area contributed by atoms with Crippen molar-refractivity contribution in [3.05, 3.63) is 17.0 Å². The van der Waals surface area contributed by atoms with Crippen molar-refractivity contribution in [2.75, 3.05) is 38.6 Å². The molecule has 4 nitrogen and oxygen atoms in total. The van der Waals surface area contributed by atoms with E-state index in [1.807, 2.05) is 22.7 Å². The summed E-state index contributed by atoms with van der Waals surface area (Å²) in [5, 5.41) is 28.1. The van der Waals surface area contributed by atoms with Crippen LogP contribution in [0.15, 0.2) is 16.3 Å². The Hall–Kier alpha value is -0.110. The highest BCUT2D eigenvalue weighted by Gasteiger charge is 2.13. The second-order valence-corrected chi connectivity index (χ2v) is 7.11. The average molecular weight is 319 g/mol. The van der Waals surface area contributed by atoms with Crippen LogP contribution in [0.25, 0.3) is 0 Å². The van der Waals surface area contributed by atoms with Crippen molar-refractivity contribution in [1.82, 2.24) is 4.90 Å². The third-order valence-corrected chi connectivity index (χ3v) is 5.55. The van der Waals surface area contributed by atoms with Crippen molar-refractivity contribution in [3.8, 4) is 0 Å². The molecule has 0 amide bonds. The number of hydrogen-bond acceptors (Lipinski definition) is 6. The SMILES string of the molecule is CCCSc1ccc(C(O)CCN(CCO)CCO)s1. The Kier molecular flexibility index (Phi) is 9.50. The maximum Gasteiger partial charge on any atom is 0.0894 e. The normalized spacial score (nSPS) is 13.1. The van der Waals surface area contributed by atoms with Gasteiger partial charge in [0, 0.05) is 24.5 Å². The Balaban J connectivity index is 2.40. The first-order chi connectivity index (χ1) is 9.71. The zero-order valence-corrected chi connectivity index (χ0v) is 13.6. The predicted octanol–water partition coefficient (Wildman–Crippen LogP) is 1.96. The molecule has 0 aliphatic rings. The van der Waals surface area contributed by atoms with Crippen LogP contribution in [0.1, 0.15) is 30.7 Å². The highest BCUT2D eigenvalue weighted by atomic mass is 32.2. The zero-order valence-electron chi connectivity index (χ0n) is 12.0. The summed E-state index contributed by atoms with van der Waals surface area (Å²) in [6.45, 7) is 4.06. The summed E-state index contributed by atoms with van der Waals surface area (Å²) in [5.74, 6) is 1.11. The van der Waals surface area contributed by atoms with Crippen LogP contribution in [0, 0.1) is 0 Å². The molecule has 0 aromatic carbocycles. The molecule has 1 rings (SSSR count). The molecular weight excluding hydrogens is 294 g/mol. The van der Waals surface area contributed by atoms with Crippen LogP contribution in [0.5, 0.6) is 0 Å². The van der Waals surface area contributed by atoms with Crippen molar-refractivity contribution in [1.29, 1.82) is 0 Å². The Morgan fingerprint density at radius 1 is 1.20 bits per heavy atom. The van der Waals surface area contributed by atoms with E-state index in [4.69, 9.17) is 10.2 Å². The largest absolute Gasteiger partial charge is 0.395 e. The van der Waals surface area contributed by atoms with E-state index in [0.29, 0.717) is 26.1 Å². The Morgan fingerprint density at radius 3 is 2.50 bits per heavy atom. The van der Waals surface area contributed by atoms with Gasteiger partial charge in [-0.05, 0) is 30.7 Å². The number of aliphatic hydroxyl groups is 3. The lowest BCUT2D eigenvalue weighted by Crippen LogP contribution is -2.31. The van der Waals surface area contributed by atoms with Crippen LogP contribution in [0.4, 0.5) is 0 Å². The topological polar surface area (TPSA) is 63.9 Å². The molecule has 0 bridgehead atoms. The smallest absolute Gasteiger partial charge is 0.0894 e. The number of rotatable bonds is 11. The van der Waals surface area contributed by atoms with Crippen molar-refractivity contribution in [3.63, 3.8) is 0 Å². The van der Waals surface area contributed by atoms with Crippen molar-refractivity contribution in [2.24, 2.45) is 0 Å². The third-order valence-electron chi connectivity index (χ3n) is 2.93. The summed E-state index contributed by atoms with van der Waals surface area (Å²) < 4.78 is 1.25. The lowest BCUT2D eigenvalue weighted by Gasteiger charge is -2.21. The molecule has 0 aliphatic heterocycles. The fourth-order valence-corrected chi connectivity index (χ4v) is 3.96. The molecule has 6 heteroatoms. The molecule has 0 fully saturated rings. The van der Waals surface area contributed by atoms with Crippen LogP contribution in [-0.4, -0.2) is 58.8 Å². The molecule has 1 unspecified atom stereocenters. The molecule has 1 atom stereocenters. The molecule has 1 aromatic heterocycles. The number of hydrogen-bond donors (Lipinski definition) is 3. The van der Waals surface area contributed by atoms with Gasteiger partial charge in [0.05, 0.1) is 23.5 Å². The summed E-state index contributed by atoms with van der Waals surface area (Å²) in [5.41, 5.74) is 0. The van der Waals surface area contributed by atoms with Crippen LogP contribution < -0.4 is 0 Å². The average Bonchev–Trinajstić information content (AvgIpc) is 2.91. The minimum Gasteiger partial charge on any atom is -0.395 e. The first-order valence-electron chi connectivity index (χ1n) is 7.06. The van der Waals surface area contributed by atoms with Gasteiger partial charge in [-0.3, -0.25) is 4.90 Å². The Bertz CT molecular complexity index is 354. The zero-order chi connectivity index (χ0) is 14.8. The second-order valence-electron chi connectivity index (χ2n) is 4.60. The van der Waals surface area contributed by atoms with Gasteiger partial charge in [0.2, 0.25) is 0 Å². The van der Waals surface area contributed by atoms with E-state index < -0.39 is 6.10 Å². The van der Waals surface area contributed by atoms with E-state index in [1.54, 1.807) is 11.3 Å². The van der Waals surface area contributed by atoms with E-state index >= 15 is 0 Å². The van der Waals surface area contributed by atoms with E-state index in [1.165, 1.54) is 4.21 Å². The standard InChI is InChI=1S/C14H25NO3S2/c1-2-11-19-14-4-3-13(20-14)12(18)5-6-15(7-9-16)8-10-17/h3-4,12,16-18H,2,5-11H2,1H3. The first kappa shape index (κ1) is 17.9. The molecule has 116 valence electrons. The fraction of sp³-hybridized carbons (Fsp3) is 0.714. The van der Waals surface area contributed by atoms with Crippen LogP contribution in [0.3, 0.4) is 0 Å².